The number of hydrogen-bond donors (Lipinski definition) is 3. The average molecular weight is 408 g/mol. The van der Waals surface area contributed by atoms with E-state index in [1.165, 1.54) is 6.07 Å². The fourth-order valence-electron chi connectivity index (χ4n) is 2.92. The fourth-order valence-corrected chi connectivity index (χ4v) is 2.92. The minimum atomic E-state index is -0.414. The zero-order chi connectivity index (χ0) is 21.7. The van der Waals surface area contributed by atoms with E-state index in [4.69, 9.17) is 0 Å². The van der Waals surface area contributed by atoms with Gasteiger partial charge in [0.1, 0.15) is 5.82 Å². The normalized spacial score (nSPS) is 11.9. The SMILES string of the molecule is Cc1c(Nc2cc(-c3cccnc3)nc(N[C@@H](CO)C(C)C)n2)cccc1[N+](=O)[O-]. The highest BCUT2D eigenvalue weighted by Crippen LogP contribution is 2.29. The maximum atomic E-state index is 11.2. The van der Waals surface area contributed by atoms with E-state index in [-0.39, 0.29) is 24.3 Å². The zero-order valence-corrected chi connectivity index (χ0v) is 17.0. The van der Waals surface area contributed by atoms with E-state index in [1.54, 1.807) is 37.5 Å². The van der Waals surface area contributed by atoms with Crippen molar-refractivity contribution in [1.29, 1.82) is 0 Å². The predicted molar refractivity (Wildman–Crippen MR) is 116 cm³/mol. The van der Waals surface area contributed by atoms with Crippen LogP contribution < -0.4 is 10.6 Å². The van der Waals surface area contributed by atoms with Gasteiger partial charge in [-0.3, -0.25) is 15.1 Å². The van der Waals surface area contributed by atoms with Gasteiger partial charge in [0.05, 0.1) is 28.8 Å². The quantitative estimate of drug-likeness (QED) is 0.378. The summed E-state index contributed by atoms with van der Waals surface area (Å²) in [6, 6.07) is 10.1. The molecule has 156 valence electrons. The molecule has 0 aliphatic heterocycles. The molecule has 30 heavy (non-hydrogen) atoms. The Morgan fingerprint density at radius 2 is 2.00 bits per heavy atom. The number of aromatic nitrogens is 3. The molecule has 2 aromatic heterocycles. The summed E-state index contributed by atoms with van der Waals surface area (Å²) in [4.78, 5) is 24.0. The first-order valence-corrected chi connectivity index (χ1v) is 9.57. The highest BCUT2D eigenvalue weighted by atomic mass is 16.6. The highest BCUT2D eigenvalue weighted by Gasteiger charge is 2.17. The number of rotatable bonds is 8. The number of nitro benzene ring substituents is 1. The summed E-state index contributed by atoms with van der Waals surface area (Å²) >= 11 is 0. The summed E-state index contributed by atoms with van der Waals surface area (Å²) in [5.74, 6) is 0.973. The summed E-state index contributed by atoms with van der Waals surface area (Å²) in [6.45, 7) is 5.60. The van der Waals surface area contributed by atoms with Gasteiger partial charge in [0.25, 0.3) is 5.69 Å². The Hall–Kier alpha value is -3.59. The lowest BCUT2D eigenvalue weighted by Gasteiger charge is -2.21. The lowest BCUT2D eigenvalue weighted by Crippen LogP contribution is -2.30. The number of aliphatic hydroxyl groups excluding tert-OH is 1. The van der Waals surface area contributed by atoms with Crippen molar-refractivity contribution in [3.05, 3.63) is 64.5 Å². The predicted octanol–water partition coefficient (Wildman–Crippen LogP) is 3.93. The molecule has 1 atom stereocenters. The summed E-state index contributed by atoms with van der Waals surface area (Å²) in [6.07, 6.45) is 3.37. The van der Waals surface area contributed by atoms with Crippen LogP contribution in [0.5, 0.6) is 0 Å². The average Bonchev–Trinajstić information content (AvgIpc) is 2.73. The topological polar surface area (TPSA) is 126 Å². The Morgan fingerprint density at radius 1 is 1.20 bits per heavy atom. The lowest BCUT2D eigenvalue weighted by atomic mass is 10.1. The van der Waals surface area contributed by atoms with Crippen LogP contribution >= 0.6 is 0 Å². The van der Waals surface area contributed by atoms with Gasteiger partial charge in [-0.25, -0.2) is 4.98 Å². The molecule has 0 fully saturated rings. The monoisotopic (exact) mass is 408 g/mol. The molecule has 1 aromatic carbocycles. The third-order valence-corrected chi connectivity index (χ3v) is 4.76. The first kappa shape index (κ1) is 21.1. The molecule has 3 aromatic rings. The van der Waals surface area contributed by atoms with E-state index >= 15 is 0 Å². The molecule has 0 spiro atoms. The van der Waals surface area contributed by atoms with Gasteiger partial charge in [0, 0.05) is 35.8 Å². The summed E-state index contributed by atoms with van der Waals surface area (Å²) in [7, 11) is 0. The van der Waals surface area contributed by atoms with Gasteiger partial charge in [-0.1, -0.05) is 19.9 Å². The third kappa shape index (κ3) is 4.87. The minimum absolute atomic E-state index is 0.0278. The van der Waals surface area contributed by atoms with E-state index in [0.29, 0.717) is 28.7 Å². The Labute approximate surface area is 174 Å². The van der Waals surface area contributed by atoms with Crippen LogP contribution in [0.3, 0.4) is 0 Å². The van der Waals surface area contributed by atoms with E-state index in [0.717, 1.165) is 5.56 Å². The van der Waals surface area contributed by atoms with Crippen LogP contribution in [0.2, 0.25) is 0 Å². The summed E-state index contributed by atoms with van der Waals surface area (Å²) in [5.41, 5.74) is 2.54. The van der Waals surface area contributed by atoms with Crippen LogP contribution in [0.25, 0.3) is 11.3 Å². The van der Waals surface area contributed by atoms with E-state index in [2.05, 4.69) is 25.6 Å². The molecule has 3 N–H and O–H groups in total. The van der Waals surface area contributed by atoms with Crippen molar-refractivity contribution in [2.45, 2.75) is 26.8 Å². The maximum Gasteiger partial charge on any atom is 0.274 e. The number of nitrogens with one attached hydrogen (secondary N) is 2. The van der Waals surface area contributed by atoms with Crippen molar-refractivity contribution in [2.75, 3.05) is 17.2 Å². The van der Waals surface area contributed by atoms with Crippen LogP contribution in [-0.4, -0.2) is 37.6 Å². The number of pyridine rings is 1. The van der Waals surface area contributed by atoms with Crippen LogP contribution in [0.15, 0.2) is 48.8 Å². The molecule has 3 rings (SSSR count). The van der Waals surface area contributed by atoms with Gasteiger partial charge in [-0.15, -0.1) is 0 Å². The zero-order valence-electron chi connectivity index (χ0n) is 17.0. The molecule has 0 amide bonds. The second kappa shape index (κ2) is 9.27. The number of nitrogens with zero attached hydrogens (tertiary/aromatic N) is 4. The number of anilines is 3. The van der Waals surface area contributed by atoms with Crippen LogP contribution in [-0.2, 0) is 0 Å². The first-order valence-electron chi connectivity index (χ1n) is 9.57. The molecule has 0 aliphatic carbocycles. The van der Waals surface area contributed by atoms with Crippen LogP contribution in [0.4, 0.5) is 23.1 Å². The van der Waals surface area contributed by atoms with Gasteiger partial charge < -0.3 is 15.7 Å². The van der Waals surface area contributed by atoms with E-state index < -0.39 is 4.92 Å². The van der Waals surface area contributed by atoms with Gasteiger partial charge in [0.15, 0.2) is 0 Å². The molecular formula is C21H24N6O3. The van der Waals surface area contributed by atoms with Crippen LogP contribution in [0.1, 0.15) is 19.4 Å². The Balaban J connectivity index is 2.02. The van der Waals surface area contributed by atoms with Crippen molar-refractivity contribution in [1.82, 2.24) is 15.0 Å². The molecule has 0 unspecified atom stereocenters. The molecule has 9 nitrogen and oxygen atoms in total. The van der Waals surface area contributed by atoms with Crippen LogP contribution in [0, 0.1) is 23.0 Å². The number of hydrogen-bond acceptors (Lipinski definition) is 8. The summed E-state index contributed by atoms with van der Waals surface area (Å²) < 4.78 is 0. The summed E-state index contributed by atoms with van der Waals surface area (Å²) in [5, 5.41) is 27.2. The Bertz CT molecular complexity index is 1030. The largest absolute Gasteiger partial charge is 0.394 e. The molecule has 0 saturated heterocycles. The standard InChI is InChI=1S/C21H24N6O3/c1-13(2)18(12-28)25-21-24-17(15-6-5-9-22-11-15)10-20(26-21)23-16-7-4-8-19(14(16)3)27(29)30/h4-11,13,18,28H,12H2,1-3H3,(H2,23,24,25,26)/t18-/m0/s1. The molecule has 9 heteroatoms. The smallest absolute Gasteiger partial charge is 0.274 e. The third-order valence-electron chi connectivity index (χ3n) is 4.76. The number of nitro groups is 1. The molecule has 2 heterocycles. The van der Waals surface area contributed by atoms with Gasteiger partial charge in [0.2, 0.25) is 5.95 Å². The van der Waals surface area contributed by atoms with Crippen molar-refractivity contribution < 1.29 is 10.0 Å². The minimum Gasteiger partial charge on any atom is -0.394 e. The van der Waals surface area contributed by atoms with E-state index in [9.17, 15) is 15.2 Å². The molecule has 0 bridgehead atoms. The van der Waals surface area contributed by atoms with Crippen molar-refractivity contribution in [3.63, 3.8) is 0 Å². The van der Waals surface area contributed by atoms with Crippen molar-refractivity contribution in [3.8, 4) is 11.3 Å². The van der Waals surface area contributed by atoms with Gasteiger partial charge >= 0.3 is 0 Å². The first-order chi connectivity index (χ1) is 14.4. The molecule has 0 saturated carbocycles. The van der Waals surface area contributed by atoms with E-state index in [1.807, 2.05) is 26.0 Å². The second-order valence-electron chi connectivity index (χ2n) is 7.21. The van der Waals surface area contributed by atoms with Gasteiger partial charge in [-0.05, 0) is 31.0 Å². The highest BCUT2D eigenvalue weighted by molar-refractivity contribution is 5.70. The Morgan fingerprint density at radius 3 is 2.63 bits per heavy atom. The van der Waals surface area contributed by atoms with Gasteiger partial charge in [-0.2, -0.15) is 4.98 Å². The van der Waals surface area contributed by atoms with Crippen molar-refractivity contribution in [2.24, 2.45) is 5.92 Å². The second-order valence-corrected chi connectivity index (χ2v) is 7.21. The maximum absolute atomic E-state index is 11.2. The van der Waals surface area contributed by atoms with Crippen molar-refractivity contribution >= 4 is 23.1 Å². The fraction of sp³-hybridized carbons (Fsp3) is 0.286. The molecular weight excluding hydrogens is 384 g/mol. The molecule has 0 radical (unpaired) electrons. The Kier molecular flexibility index (Phi) is 6.53. The molecule has 0 aliphatic rings. The number of aliphatic hydroxyl groups is 1. The number of benzene rings is 1. The lowest BCUT2D eigenvalue weighted by molar-refractivity contribution is -0.385.